The summed E-state index contributed by atoms with van der Waals surface area (Å²) in [4.78, 5) is 10.3. The highest BCUT2D eigenvalue weighted by atomic mass is 15.2. The number of fused-ring (bicyclic) bond motifs is 10. The van der Waals surface area contributed by atoms with E-state index in [1.54, 1.807) is 0 Å². The Bertz CT molecular complexity index is 3080. The Kier molecular flexibility index (Phi) is 6.27. The molecule has 0 amide bonds. The molecule has 10 aromatic rings. The van der Waals surface area contributed by atoms with Crippen molar-refractivity contribution in [1.82, 2.24) is 19.1 Å². The molecular formula is C49H34N4. The van der Waals surface area contributed by atoms with Gasteiger partial charge in [0.15, 0.2) is 0 Å². The predicted octanol–water partition coefficient (Wildman–Crippen LogP) is 12.3. The second kappa shape index (κ2) is 11.1. The van der Waals surface area contributed by atoms with E-state index in [0.29, 0.717) is 5.95 Å². The maximum atomic E-state index is 5.35. The Morgan fingerprint density at radius 3 is 2.06 bits per heavy atom. The molecule has 53 heavy (non-hydrogen) atoms. The van der Waals surface area contributed by atoms with Crippen molar-refractivity contribution in [1.29, 1.82) is 0 Å². The molecule has 250 valence electrons. The molecule has 0 radical (unpaired) electrons. The van der Waals surface area contributed by atoms with E-state index in [1.807, 2.05) is 12.3 Å². The third-order valence-corrected chi connectivity index (χ3v) is 11.4. The summed E-state index contributed by atoms with van der Waals surface area (Å²) in [5.74, 6) is 0.660. The Morgan fingerprint density at radius 2 is 1.19 bits per heavy atom. The Balaban J connectivity index is 1.15. The van der Waals surface area contributed by atoms with Gasteiger partial charge in [-0.25, -0.2) is 9.97 Å². The topological polar surface area (TPSA) is 35.6 Å². The van der Waals surface area contributed by atoms with Crippen molar-refractivity contribution >= 4 is 43.6 Å². The molecule has 0 spiro atoms. The zero-order valence-electron chi connectivity index (χ0n) is 29.5. The molecule has 0 atom stereocenters. The van der Waals surface area contributed by atoms with Crippen LogP contribution >= 0.6 is 0 Å². The maximum Gasteiger partial charge on any atom is 0.235 e. The van der Waals surface area contributed by atoms with Crippen LogP contribution in [-0.4, -0.2) is 19.1 Å². The number of benzene rings is 7. The first-order valence-electron chi connectivity index (χ1n) is 18.3. The predicted molar refractivity (Wildman–Crippen MR) is 219 cm³/mol. The molecule has 3 heterocycles. The summed E-state index contributed by atoms with van der Waals surface area (Å²) >= 11 is 0. The molecule has 11 rings (SSSR count). The van der Waals surface area contributed by atoms with E-state index in [9.17, 15) is 0 Å². The number of nitrogens with zero attached hydrogens (tertiary/aromatic N) is 4. The minimum absolute atomic E-state index is 0.167. The lowest BCUT2D eigenvalue weighted by Gasteiger charge is -2.22. The van der Waals surface area contributed by atoms with Crippen molar-refractivity contribution in [3.8, 4) is 45.1 Å². The van der Waals surface area contributed by atoms with Crippen molar-refractivity contribution in [2.24, 2.45) is 0 Å². The standard InChI is InChI=1S/C49H34N4/c1-49(2)40-19-11-9-17-35(40)37-24-26-44-46(47(37)49)38-23-21-32(31-13-5-3-6-14-31)30-45(38)53(44)48-50-28-27-41(51-48)33-22-25-43-39(29-33)36-18-10-12-20-42(36)52(43)34-15-7-4-8-16-34/h3-30H,1-2H3. The first kappa shape index (κ1) is 29.9. The van der Waals surface area contributed by atoms with Gasteiger partial charge in [0.2, 0.25) is 5.95 Å². The van der Waals surface area contributed by atoms with E-state index < -0.39 is 0 Å². The normalized spacial score (nSPS) is 13.2. The van der Waals surface area contributed by atoms with Crippen LogP contribution in [-0.2, 0) is 5.41 Å². The summed E-state index contributed by atoms with van der Waals surface area (Å²) < 4.78 is 4.63. The molecule has 0 saturated carbocycles. The van der Waals surface area contributed by atoms with Gasteiger partial charge < -0.3 is 4.57 Å². The monoisotopic (exact) mass is 678 g/mol. The van der Waals surface area contributed by atoms with Crippen LogP contribution in [0.15, 0.2) is 170 Å². The van der Waals surface area contributed by atoms with Crippen LogP contribution in [0.5, 0.6) is 0 Å². The van der Waals surface area contributed by atoms with Crippen LogP contribution in [0, 0.1) is 0 Å². The molecule has 1 aliphatic rings. The van der Waals surface area contributed by atoms with Crippen molar-refractivity contribution in [2.45, 2.75) is 19.3 Å². The van der Waals surface area contributed by atoms with E-state index in [4.69, 9.17) is 9.97 Å². The van der Waals surface area contributed by atoms with Gasteiger partial charge in [-0.15, -0.1) is 0 Å². The molecule has 0 bridgehead atoms. The van der Waals surface area contributed by atoms with Crippen LogP contribution in [0.4, 0.5) is 0 Å². The maximum absolute atomic E-state index is 5.35. The van der Waals surface area contributed by atoms with Gasteiger partial charge in [-0.2, -0.15) is 0 Å². The summed E-state index contributed by atoms with van der Waals surface area (Å²) in [5.41, 5.74) is 15.2. The molecule has 4 nitrogen and oxygen atoms in total. The first-order chi connectivity index (χ1) is 26.1. The highest BCUT2D eigenvalue weighted by molar-refractivity contribution is 6.15. The summed E-state index contributed by atoms with van der Waals surface area (Å²) in [6.07, 6.45) is 1.90. The summed E-state index contributed by atoms with van der Waals surface area (Å²) in [5, 5.41) is 4.89. The Morgan fingerprint density at radius 1 is 0.472 bits per heavy atom. The molecular weight excluding hydrogens is 645 g/mol. The second-order valence-electron chi connectivity index (χ2n) is 14.6. The van der Waals surface area contributed by atoms with E-state index in [0.717, 1.165) is 33.5 Å². The zero-order chi connectivity index (χ0) is 35.3. The average Bonchev–Trinajstić information content (AvgIpc) is 3.81. The minimum atomic E-state index is -0.167. The molecule has 4 heteroatoms. The lowest BCUT2D eigenvalue weighted by atomic mass is 9.80. The van der Waals surface area contributed by atoms with Gasteiger partial charge in [0.1, 0.15) is 0 Å². The van der Waals surface area contributed by atoms with Crippen LogP contribution in [0.1, 0.15) is 25.0 Å². The number of rotatable bonds is 4. The molecule has 0 N–H and O–H groups in total. The lowest BCUT2D eigenvalue weighted by Crippen LogP contribution is -2.15. The fraction of sp³-hybridized carbons (Fsp3) is 0.0612. The summed E-state index contributed by atoms with van der Waals surface area (Å²) in [7, 11) is 0. The smallest absolute Gasteiger partial charge is 0.235 e. The van der Waals surface area contributed by atoms with Gasteiger partial charge in [-0.3, -0.25) is 4.57 Å². The number of para-hydroxylation sites is 2. The fourth-order valence-electron chi connectivity index (χ4n) is 9.01. The Labute approximate surface area is 307 Å². The zero-order valence-corrected chi connectivity index (χ0v) is 29.5. The molecule has 0 saturated heterocycles. The van der Waals surface area contributed by atoms with Crippen LogP contribution in [0.25, 0.3) is 88.8 Å². The molecule has 0 unspecified atom stereocenters. The van der Waals surface area contributed by atoms with Gasteiger partial charge >= 0.3 is 0 Å². The van der Waals surface area contributed by atoms with Crippen molar-refractivity contribution in [3.05, 3.63) is 181 Å². The van der Waals surface area contributed by atoms with Crippen LogP contribution in [0.2, 0.25) is 0 Å². The van der Waals surface area contributed by atoms with E-state index in [2.05, 4.69) is 181 Å². The molecule has 0 aliphatic heterocycles. The first-order valence-corrected chi connectivity index (χ1v) is 18.3. The van der Waals surface area contributed by atoms with Gasteiger partial charge in [0, 0.05) is 44.4 Å². The van der Waals surface area contributed by atoms with Crippen LogP contribution in [0.3, 0.4) is 0 Å². The minimum Gasteiger partial charge on any atom is -0.309 e. The van der Waals surface area contributed by atoms with Gasteiger partial charge in [-0.05, 0) is 81.9 Å². The van der Waals surface area contributed by atoms with E-state index >= 15 is 0 Å². The van der Waals surface area contributed by atoms with Gasteiger partial charge in [0.05, 0.1) is 27.8 Å². The summed E-state index contributed by atoms with van der Waals surface area (Å²) in [6, 6.07) is 58.9. The highest BCUT2D eigenvalue weighted by Gasteiger charge is 2.38. The fourth-order valence-corrected chi connectivity index (χ4v) is 9.01. The number of aromatic nitrogens is 4. The molecule has 7 aromatic carbocycles. The van der Waals surface area contributed by atoms with E-state index in [-0.39, 0.29) is 5.41 Å². The second-order valence-corrected chi connectivity index (χ2v) is 14.6. The third-order valence-electron chi connectivity index (χ3n) is 11.4. The van der Waals surface area contributed by atoms with Crippen molar-refractivity contribution in [2.75, 3.05) is 0 Å². The van der Waals surface area contributed by atoms with Crippen molar-refractivity contribution < 1.29 is 0 Å². The number of hydrogen-bond donors (Lipinski definition) is 0. The van der Waals surface area contributed by atoms with Gasteiger partial charge in [0.25, 0.3) is 0 Å². The summed E-state index contributed by atoms with van der Waals surface area (Å²) in [6.45, 7) is 4.72. The SMILES string of the molecule is CC1(C)c2ccccc2-c2ccc3c(c21)c1ccc(-c2ccccc2)cc1n3-c1nccc(-c2ccc3c(c2)c2ccccc2n3-c2ccccc2)n1. The largest absolute Gasteiger partial charge is 0.309 e. The van der Waals surface area contributed by atoms with Gasteiger partial charge in [-0.1, -0.05) is 129 Å². The van der Waals surface area contributed by atoms with Crippen molar-refractivity contribution in [3.63, 3.8) is 0 Å². The van der Waals surface area contributed by atoms with Crippen LogP contribution < -0.4 is 0 Å². The highest BCUT2D eigenvalue weighted by Crippen LogP contribution is 2.53. The quantitative estimate of drug-likeness (QED) is 0.186. The molecule has 3 aromatic heterocycles. The number of hydrogen-bond acceptors (Lipinski definition) is 2. The average molecular weight is 679 g/mol. The van der Waals surface area contributed by atoms with E-state index in [1.165, 1.54) is 60.4 Å². The third kappa shape index (κ3) is 4.30. The molecule has 1 aliphatic carbocycles. The lowest BCUT2D eigenvalue weighted by molar-refractivity contribution is 0.666. The molecule has 0 fully saturated rings. The Hall–Kier alpha value is -6.78.